The smallest absolute Gasteiger partial charge is 0.267 e. The van der Waals surface area contributed by atoms with E-state index in [0.717, 1.165) is 41.0 Å². The van der Waals surface area contributed by atoms with E-state index >= 15 is 0 Å². The fourth-order valence-corrected chi connectivity index (χ4v) is 3.71. The van der Waals surface area contributed by atoms with E-state index in [1.807, 2.05) is 47.1 Å². The number of amides is 1. The van der Waals surface area contributed by atoms with Crippen molar-refractivity contribution in [3.63, 3.8) is 0 Å². The topological polar surface area (TPSA) is 119 Å². The first kappa shape index (κ1) is 20.7. The minimum atomic E-state index is -0.590. The van der Waals surface area contributed by atoms with E-state index in [9.17, 15) is 4.79 Å². The molecule has 0 bridgehead atoms. The number of ether oxygens (including phenoxy) is 1. The van der Waals surface area contributed by atoms with E-state index in [0.29, 0.717) is 24.7 Å². The molecule has 0 aliphatic carbocycles. The number of aromatic nitrogens is 7. The number of fused-ring (bicyclic) bond motifs is 1. The Labute approximate surface area is 179 Å². The minimum Gasteiger partial charge on any atom is -0.385 e. The summed E-state index contributed by atoms with van der Waals surface area (Å²) in [5, 5.41) is 9.83. The van der Waals surface area contributed by atoms with Crippen LogP contribution in [-0.4, -0.2) is 53.7 Å². The Balaban J connectivity index is 1.83. The second-order valence-electron chi connectivity index (χ2n) is 7.41. The number of imidazole rings is 1. The molecule has 0 radical (unpaired) electrons. The molecule has 0 aliphatic heterocycles. The molecule has 0 aliphatic rings. The minimum absolute atomic E-state index is 0.183. The highest BCUT2D eigenvalue weighted by Crippen LogP contribution is 2.29. The quantitative estimate of drug-likeness (QED) is 0.435. The van der Waals surface area contributed by atoms with Crippen molar-refractivity contribution >= 4 is 16.8 Å². The Morgan fingerprint density at radius 1 is 1.23 bits per heavy atom. The fourth-order valence-electron chi connectivity index (χ4n) is 3.71. The molecule has 4 rings (SSSR count). The van der Waals surface area contributed by atoms with Crippen molar-refractivity contribution in [1.29, 1.82) is 0 Å². The Morgan fingerprint density at radius 2 is 2.03 bits per heavy atom. The van der Waals surface area contributed by atoms with Crippen LogP contribution in [0.2, 0.25) is 0 Å². The molecule has 0 saturated carbocycles. The molecular formula is C21H26N8O2. The van der Waals surface area contributed by atoms with E-state index in [1.54, 1.807) is 19.4 Å². The van der Waals surface area contributed by atoms with Gasteiger partial charge in [0.1, 0.15) is 17.1 Å². The lowest BCUT2D eigenvalue weighted by Gasteiger charge is -2.06. The number of methoxy groups -OCH3 is 1. The standard InChI is InChI=1S/C21H26N8O2/c1-5-28-17-10-15(20(22)30)24-19(14(17)11-23-28)21-25-16(12-27(21)3)18-9-13(2)26-29(18)7-6-8-31-4/h9-12H,5-8H2,1-4H3,(H2,22,30). The van der Waals surface area contributed by atoms with Gasteiger partial charge >= 0.3 is 0 Å². The summed E-state index contributed by atoms with van der Waals surface area (Å²) in [6.07, 6.45) is 4.54. The van der Waals surface area contributed by atoms with Crippen LogP contribution in [-0.2, 0) is 24.9 Å². The number of nitrogens with zero attached hydrogens (tertiary/aromatic N) is 7. The summed E-state index contributed by atoms with van der Waals surface area (Å²) in [7, 11) is 3.59. The molecule has 10 nitrogen and oxygen atoms in total. The molecule has 0 fully saturated rings. The van der Waals surface area contributed by atoms with E-state index < -0.39 is 5.91 Å². The van der Waals surface area contributed by atoms with Gasteiger partial charge in [0.15, 0.2) is 5.82 Å². The highest BCUT2D eigenvalue weighted by atomic mass is 16.5. The number of rotatable bonds is 8. The maximum Gasteiger partial charge on any atom is 0.267 e. The molecule has 4 heterocycles. The summed E-state index contributed by atoms with van der Waals surface area (Å²) >= 11 is 0. The van der Waals surface area contributed by atoms with Crippen molar-refractivity contribution in [2.24, 2.45) is 12.8 Å². The Morgan fingerprint density at radius 3 is 2.74 bits per heavy atom. The van der Waals surface area contributed by atoms with Gasteiger partial charge in [0, 0.05) is 45.4 Å². The number of carbonyl (C=O) groups excluding carboxylic acids is 1. The summed E-state index contributed by atoms with van der Waals surface area (Å²) in [5.41, 5.74) is 9.71. The normalized spacial score (nSPS) is 11.5. The molecule has 162 valence electrons. The van der Waals surface area contributed by atoms with Gasteiger partial charge in [-0.2, -0.15) is 10.2 Å². The van der Waals surface area contributed by atoms with Crippen molar-refractivity contribution in [1.82, 2.24) is 34.1 Å². The second kappa shape index (κ2) is 8.31. The summed E-state index contributed by atoms with van der Waals surface area (Å²) in [4.78, 5) is 21.3. The first-order valence-electron chi connectivity index (χ1n) is 10.2. The second-order valence-corrected chi connectivity index (χ2v) is 7.41. The fraction of sp³-hybridized carbons (Fsp3) is 0.381. The maximum atomic E-state index is 11.9. The van der Waals surface area contributed by atoms with Crippen molar-refractivity contribution in [2.45, 2.75) is 33.4 Å². The van der Waals surface area contributed by atoms with Crippen LogP contribution < -0.4 is 5.73 Å². The van der Waals surface area contributed by atoms with Crippen LogP contribution in [0, 0.1) is 6.92 Å². The molecule has 0 unspecified atom stereocenters. The average Bonchev–Trinajstić information content (AvgIpc) is 3.43. The van der Waals surface area contributed by atoms with Gasteiger partial charge in [-0.1, -0.05) is 0 Å². The molecule has 0 aromatic carbocycles. The molecule has 0 saturated heterocycles. The third kappa shape index (κ3) is 3.81. The van der Waals surface area contributed by atoms with Gasteiger partial charge in [-0.15, -0.1) is 0 Å². The van der Waals surface area contributed by atoms with Crippen LogP contribution in [0.15, 0.2) is 24.5 Å². The Kier molecular flexibility index (Phi) is 5.55. The lowest BCUT2D eigenvalue weighted by Crippen LogP contribution is -2.14. The third-order valence-corrected chi connectivity index (χ3v) is 5.16. The van der Waals surface area contributed by atoms with Crippen LogP contribution >= 0.6 is 0 Å². The average molecular weight is 422 g/mol. The molecule has 0 spiro atoms. The molecular weight excluding hydrogens is 396 g/mol. The number of primary amides is 1. The molecule has 31 heavy (non-hydrogen) atoms. The van der Waals surface area contributed by atoms with Crippen molar-refractivity contribution < 1.29 is 9.53 Å². The van der Waals surface area contributed by atoms with E-state index in [-0.39, 0.29) is 5.69 Å². The Hall–Kier alpha value is -3.53. The highest BCUT2D eigenvalue weighted by Gasteiger charge is 2.20. The van der Waals surface area contributed by atoms with Crippen molar-refractivity contribution in [3.05, 3.63) is 35.9 Å². The maximum absolute atomic E-state index is 11.9. The highest BCUT2D eigenvalue weighted by molar-refractivity contribution is 5.99. The SMILES string of the molecule is CCn1ncc2c(-c3nc(-c4cc(C)nn4CCCOC)cn3C)nc(C(N)=O)cc21. The van der Waals surface area contributed by atoms with Crippen LogP contribution in [0.4, 0.5) is 0 Å². The molecule has 4 aromatic rings. The summed E-state index contributed by atoms with van der Waals surface area (Å²) < 4.78 is 10.8. The van der Waals surface area contributed by atoms with E-state index in [4.69, 9.17) is 15.5 Å². The van der Waals surface area contributed by atoms with Gasteiger partial charge in [-0.25, -0.2) is 9.97 Å². The number of pyridine rings is 1. The van der Waals surface area contributed by atoms with Gasteiger partial charge in [0.2, 0.25) is 0 Å². The molecule has 4 aromatic heterocycles. The zero-order chi connectivity index (χ0) is 22.1. The predicted octanol–water partition coefficient (Wildman–Crippen LogP) is 2.16. The van der Waals surface area contributed by atoms with Crippen LogP contribution in [0.25, 0.3) is 33.8 Å². The zero-order valence-corrected chi connectivity index (χ0v) is 18.2. The van der Waals surface area contributed by atoms with Crippen LogP contribution in [0.3, 0.4) is 0 Å². The van der Waals surface area contributed by atoms with Gasteiger partial charge in [0.05, 0.1) is 23.1 Å². The largest absolute Gasteiger partial charge is 0.385 e. The monoisotopic (exact) mass is 422 g/mol. The molecule has 0 atom stereocenters. The molecule has 10 heteroatoms. The predicted molar refractivity (Wildman–Crippen MR) is 116 cm³/mol. The van der Waals surface area contributed by atoms with Crippen LogP contribution in [0.5, 0.6) is 0 Å². The summed E-state index contributed by atoms with van der Waals surface area (Å²) in [5.74, 6) is 0.0364. The van der Waals surface area contributed by atoms with Gasteiger partial charge in [-0.05, 0) is 32.4 Å². The number of aryl methyl sites for hydroxylation is 4. The first-order valence-corrected chi connectivity index (χ1v) is 10.2. The van der Waals surface area contributed by atoms with Gasteiger partial charge < -0.3 is 15.0 Å². The lowest BCUT2D eigenvalue weighted by molar-refractivity contribution is 0.0996. The zero-order valence-electron chi connectivity index (χ0n) is 18.2. The summed E-state index contributed by atoms with van der Waals surface area (Å²) in [6, 6.07) is 3.69. The Bertz CT molecular complexity index is 1250. The first-order chi connectivity index (χ1) is 14.9. The van der Waals surface area contributed by atoms with Crippen molar-refractivity contribution in [3.8, 4) is 22.9 Å². The third-order valence-electron chi connectivity index (χ3n) is 5.16. The van der Waals surface area contributed by atoms with E-state index in [1.165, 1.54) is 0 Å². The van der Waals surface area contributed by atoms with Gasteiger partial charge in [0.25, 0.3) is 5.91 Å². The number of nitrogens with two attached hydrogens (primary N) is 1. The number of hydrogen-bond acceptors (Lipinski definition) is 6. The van der Waals surface area contributed by atoms with Gasteiger partial charge in [-0.3, -0.25) is 14.2 Å². The molecule has 1 amide bonds. The number of hydrogen-bond donors (Lipinski definition) is 1. The lowest BCUT2D eigenvalue weighted by atomic mass is 10.2. The van der Waals surface area contributed by atoms with Crippen LogP contribution in [0.1, 0.15) is 29.5 Å². The summed E-state index contributed by atoms with van der Waals surface area (Å²) in [6.45, 7) is 6.00. The van der Waals surface area contributed by atoms with E-state index in [2.05, 4.69) is 15.2 Å². The molecule has 2 N–H and O–H groups in total. The van der Waals surface area contributed by atoms with Crippen molar-refractivity contribution in [2.75, 3.05) is 13.7 Å². The number of carbonyl (C=O) groups is 1.